The first kappa shape index (κ1) is 16.0. The zero-order valence-corrected chi connectivity index (χ0v) is 15.5. The number of hydrogen-bond acceptors (Lipinski definition) is 4. The topological polar surface area (TPSA) is 60.9 Å². The fourth-order valence-electron chi connectivity index (χ4n) is 3.12. The molecule has 3 heterocycles. The van der Waals surface area contributed by atoms with Crippen LogP contribution in [0.15, 0.2) is 55.0 Å². The lowest BCUT2D eigenvalue weighted by atomic mass is 10.1. The van der Waals surface area contributed by atoms with Crippen LogP contribution in [0.1, 0.15) is 11.1 Å². The molecule has 0 unspecified atom stereocenters. The van der Waals surface area contributed by atoms with Crippen LogP contribution in [0.5, 0.6) is 0 Å². The van der Waals surface area contributed by atoms with Crippen molar-refractivity contribution in [3.63, 3.8) is 0 Å². The quantitative estimate of drug-likeness (QED) is 0.459. The van der Waals surface area contributed by atoms with E-state index in [-0.39, 0.29) is 0 Å². The molecule has 27 heavy (non-hydrogen) atoms. The third-order valence-electron chi connectivity index (χ3n) is 4.69. The highest BCUT2D eigenvalue weighted by Crippen LogP contribution is 2.25. The first-order chi connectivity index (χ1) is 13.1. The van der Waals surface area contributed by atoms with Gasteiger partial charge in [-0.3, -0.25) is 4.40 Å². The molecule has 0 atom stereocenters. The second-order valence-electron chi connectivity index (χ2n) is 6.55. The molecule has 0 N–H and O–H groups in total. The van der Waals surface area contributed by atoms with Crippen LogP contribution in [0.4, 0.5) is 0 Å². The Kier molecular flexibility index (Phi) is 3.48. The zero-order valence-electron chi connectivity index (χ0n) is 14.8. The van der Waals surface area contributed by atoms with Crippen LogP contribution in [0.2, 0.25) is 5.02 Å². The molecule has 0 radical (unpaired) electrons. The Morgan fingerprint density at radius 2 is 1.74 bits per heavy atom. The molecule has 7 heteroatoms. The number of fused-ring (bicyclic) bond motifs is 3. The molecule has 3 aromatic heterocycles. The van der Waals surface area contributed by atoms with Gasteiger partial charge in [-0.05, 0) is 31.5 Å². The van der Waals surface area contributed by atoms with Gasteiger partial charge in [-0.1, -0.05) is 47.5 Å². The second-order valence-corrected chi connectivity index (χ2v) is 6.96. The van der Waals surface area contributed by atoms with Crippen molar-refractivity contribution in [3.05, 3.63) is 71.1 Å². The summed E-state index contributed by atoms with van der Waals surface area (Å²) in [7, 11) is 0. The van der Waals surface area contributed by atoms with E-state index in [1.54, 1.807) is 17.2 Å². The molecule has 0 saturated carbocycles. The number of aromatic nitrogens is 6. The van der Waals surface area contributed by atoms with Gasteiger partial charge >= 0.3 is 0 Å². The normalized spacial score (nSPS) is 11.5. The molecule has 0 amide bonds. The van der Waals surface area contributed by atoms with Gasteiger partial charge in [0.25, 0.3) is 0 Å². The summed E-state index contributed by atoms with van der Waals surface area (Å²) in [6.45, 7) is 4.03. The first-order valence-corrected chi connectivity index (χ1v) is 8.90. The highest BCUT2D eigenvalue weighted by Gasteiger charge is 2.15. The Morgan fingerprint density at radius 1 is 0.926 bits per heavy atom. The summed E-state index contributed by atoms with van der Waals surface area (Å²) in [4.78, 5) is 4.61. The molecule has 0 saturated heterocycles. The molecule has 0 aliphatic carbocycles. The monoisotopic (exact) mass is 374 g/mol. The molecule has 0 aliphatic heterocycles. The molecule has 0 bridgehead atoms. The Morgan fingerprint density at radius 3 is 2.52 bits per heavy atom. The van der Waals surface area contributed by atoms with Gasteiger partial charge in [-0.15, -0.1) is 10.2 Å². The third-order valence-corrected chi connectivity index (χ3v) is 5.09. The maximum Gasteiger partial charge on any atom is 0.175 e. The molecular weight excluding hydrogens is 360 g/mol. The average molecular weight is 375 g/mol. The summed E-state index contributed by atoms with van der Waals surface area (Å²) in [6, 6.07) is 14.0. The third kappa shape index (κ3) is 2.49. The molecule has 0 fully saturated rings. The van der Waals surface area contributed by atoms with E-state index in [0.717, 1.165) is 33.7 Å². The van der Waals surface area contributed by atoms with Crippen molar-refractivity contribution in [1.82, 2.24) is 29.4 Å². The fourth-order valence-corrected chi connectivity index (χ4v) is 3.30. The van der Waals surface area contributed by atoms with E-state index in [1.807, 2.05) is 41.7 Å². The van der Waals surface area contributed by atoms with E-state index in [9.17, 15) is 0 Å². The lowest BCUT2D eigenvalue weighted by molar-refractivity contribution is 0.893. The van der Waals surface area contributed by atoms with Crippen LogP contribution in [-0.2, 0) is 0 Å². The van der Waals surface area contributed by atoms with Gasteiger partial charge in [-0.2, -0.15) is 5.10 Å². The maximum absolute atomic E-state index is 6.27. The van der Waals surface area contributed by atoms with Crippen LogP contribution in [0, 0.1) is 13.8 Å². The number of hydrogen-bond donors (Lipinski definition) is 0. The smallest absolute Gasteiger partial charge is 0.175 e. The molecule has 0 aliphatic rings. The van der Waals surface area contributed by atoms with E-state index >= 15 is 0 Å². The van der Waals surface area contributed by atoms with Gasteiger partial charge in [0.15, 0.2) is 17.1 Å². The number of aryl methyl sites for hydroxylation is 2. The first-order valence-electron chi connectivity index (χ1n) is 8.53. The van der Waals surface area contributed by atoms with E-state index in [1.165, 1.54) is 5.56 Å². The van der Waals surface area contributed by atoms with Crippen LogP contribution in [0.25, 0.3) is 33.8 Å². The van der Waals surface area contributed by atoms with Crippen LogP contribution in [-0.4, -0.2) is 29.4 Å². The van der Waals surface area contributed by atoms with Gasteiger partial charge in [0.05, 0.1) is 17.3 Å². The summed E-state index contributed by atoms with van der Waals surface area (Å²) in [5, 5.41) is 14.8. The molecule has 5 aromatic rings. The Balaban J connectivity index is 1.70. The fraction of sp³-hybridized carbons (Fsp3) is 0.100. The molecule has 2 aromatic carbocycles. The van der Waals surface area contributed by atoms with Crippen molar-refractivity contribution in [2.45, 2.75) is 13.8 Å². The number of nitrogens with zero attached hydrogens (tertiary/aromatic N) is 6. The van der Waals surface area contributed by atoms with Gasteiger partial charge in [-0.25, -0.2) is 9.67 Å². The van der Waals surface area contributed by atoms with E-state index in [4.69, 9.17) is 11.6 Å². The molecule has 5 rings (SSSR count). The van der Waals surface area contributed by atoms with Crippen molar-refractivity contribution in [3.8, 4) is 17.1 Å². The Hall–Kier alpha value is -3.25. The van der Waals surface area contributed by atoms with E-state index in [2.05, 4.69) is 39.3 Å². The molecule has 6 nitrogen and oxygen atoms in total. The van der Waals surface area contributed by atoms with Crippen molar-refractivity contribution >= 4 is 28.3 Å². The van der Waals surface area contributed by atoms with Crippen molar-refractivity contribution in [1.29, 1.82) is 0 Å². The summed E-state index contributed by atoms with van der Waals surface area (Å²) < 4.78 is 3.65. The summed E-state index contributed by atoms with van der Waals surface area (Å²) >= 11 is 6.27. The number of halogens is 1. The standard InChI is InChI=1S/C20H15ClN6/c1-12-3-6-14(7-4-12)18-24-25-20-16-10-23-27(19(16)22-11-26(18)20)15-8-5-13(2)17(21)9-15/h3-11H,1-2H3. The number of benzene rings is 2. The Labute approximate surface area is 160 Å². The Bertz CT molecular complexity index is 1300. The van der Waals surface area contributed by atoms with Crippen LogP contribution in [0.3, 0.4) is 0 Å². The minimum atomic E-state index is 0.696. The highest BCUT2D eigenvalue weighted by atomic mass is 35.5. The van der Waals surface area contributed by atoms with Crippen molar-refractivity contribution < 1.29 is 0 Å². The zero-order chi connectivity index (χ0) is 18.5. The minimum absolute atomic E-state index is 0.696. The summed E-state index contributed by atoms with van der Waals surface area (Å²) in [5.74, 6) is 0.755. The second kappa shape index (κ2) is 5.89. The van der Waals surface area contributed by atoms with Crippen molar-refractivity contribution in [2.24, 2.45) is 0 Å². The predicted molar refractivity (Wildman–Crippen MR) is 105 cm³/mol. The molecule has 0 spiro atoms. The minimum Gasteiger partial charge on any atom is -0.265 e. The highest BCUT2D eigenvalue weighted by molar-refractivity contribution is 6.31. The summed E-state index contributed by atoms with van der Waals surface area (Å²) in [5.41, 5.74) is 5.51. The molecular formula is C20H15ClN6. The largest absolute Gasteiger partial charge is 0.265 e. The lowest BCUT2D eigenvalue weighted by Gasteiger charge is -2.05. The average Bonchev–Trinajstić information content (AvgIpc) is 3.28. The number of rotatable bonds is 2. The molecule has 132 valence electrons. The van der Waals surface area contributed by atoms with Gasteiger partial charge in [0, 0.05) is 10.6 Å². The SMILES string of the molecule is Cc1ccc(-c2nnc3c4cnn(-c5ccc(C)c(Cl)c5)c4ncn23)cc1. The van der Waals surface area contributed by atoms with Gasteiger partial charge in [0.2, 0.25) is 0 Å². The van der Waals surface area contributed by atoms with Crippen molar-refractivity contribution in [2.75, 3.05) is 0 Å². The van der Waals surface area contributed by atoms with Gasteiger partial charge < -0.3 is 0 Å². The van der Waals surface area contributed by atoms with Gasteiger partial charge in [0.1, 0.15) is 6.33 Å². The maximum atomic E-state index is 6.27. The van der Waals surface area contributed by atoms with Crippen LogP contribution < -0.4 is 0 Å². The van der Waals surface area contributed by atoms with Crippen LogP contribution >= 0.6 is 11.6 Å². The van der Waals surface area contributed by atoms with E-state index < -0.39 is 0 Å². The summed E-state index contributed by atoms with van der Waals surface area (Å²) in [6.07, 6.45) is 3.50. The van der Waals surface area contributed by atoms with E-state index in [0.29, 0.717) is 10.7 Å². The lowest BCUT2D eigenvalue weighted by Crippen LogP contribution is -1.99. The predicted octanol–water partition coefficient (Wildman–Crippen LogP) is 4.40.